The van der Waals surface area contributed by atoms with Crippen LogP contribution in [0.1, 0.15) is 50.2 Å². The lowest BCUT2D eigenvalue weighted by molar-refractivity contribution is -0.385. The predicted molar refractivity (Wildman–Crippen MR) is 177 cm³/mol. The minimum Gasteiger partial charge on any atom is -0.497 e. The average Bonchev–Trinajstić information content (AvgIpc) is 3.03. The highest BCUT2D eigenvalue weighted by molar-refractivity contribution is 7.92. The number of aryl methyl sites for hydroxylation is 1. The van der Waals surface area contributed by atoms with Crippen LogP contribution in [-0.4, -0.2) is 55.8 Å². The number of nitrogens with zero attached hydrogens (tertiary/aromatic N) is 3. The Morgan fingerprint density at radius 2 is 1.72 bits per heavy atom. The summed E-state index contributed by atoms with van der Waals surface area (Å²) in [5.41, 5.74) is 0.514. The third-order valence-electron chi connectivity index (χ3n) is 8.08. The van der Waals surface area contributed by atoms with Crippen LogP contribution < -0.4 is 14.4 Å². The van der Waals surface area contributed by atoms with E-state index in [1.165, 1.54) is 61.4 Å². The van der Waals surface area contributed by atoms with E-state index in [9.17, 15) is 28.1 Å². The number of ether oxygens (including phenoxy) is 1. The third kappa shape index (κ3) is 8.28. The number of nitro benzene ring substituents is 1. The summed E-state index contributed by atoms with van der Waals surface area (Å²) in [6.07, 6.45) is 4.76. The van der Waals surface area contributed by atoms with E-state index in [0.717, 1.165) is 42.5 Å². The van der Waals surface area contributed by atoms with Crippen molar-refractivity contribution < 1.29 is 27.7 Å². The van der Waals surface area contributed by atoms with Crippen molar-refractivity contribution in [2.45, 2.75) is 69.5 Å². The molecule has 1 fully saturated rings. The van der Waals surface area contributed by atoms with Crippen LogP contribution in [0.3, 0.4) is 0 Å². The van der Waals surface area contributed by atoms with Crippen molar-refractivity contribution in [3.8, 4) is 5.75 Å². The third-order valence-corrected chi connectivity index (χ3v) is 10.4. The Bertz CT molecular complexity index is 1700. The number of sulfonamides is 1. The first-order valence-corrected chi connectivity index (χ1v) is 17.0. The first-order valence-electron chi connectivity index (χ1n) is 14.8. The Morgan fingerprint density at radius 3 is 2.33 bits per heavy atom. The van der Waals surface area contributed by atoms with Crippen molar-refractivity contribution in [1.82, 2.24) is 10.2 Å². The molecule has 1 aliphatic carbocycles. The van der Waals surface area contributed by atoms with Gasteiger partial charge in [-0.2, -0.15) is 0 Å². The van der Waals surface area contributed by atoms with E-state index in [4.69, 9.17) is 27.9 Å². The molecule has 1 N–H and O–H groups in total. The number of hydrogen-bond acceptors (Lipinski definition) is 7. The Balaban J connectivity index is 1.74. The van der Waals surface area contributed by atoms with Gasteiger partial charge in [-0.3, -0.25) is 24.0 Å². The summed E-state index contributed by atoms with van der Waals surface area (Å²) in [7, 11) is -3.08. The molecule has 0 aromatic heterocycles. The van der Waals surface area contributed by atoms with E-state index in [1.807, 2.05) is 0 Å². The van der Waals surface area contributed by atoms with Crippen LogP contribution in [0.25, 0.3) is 0 Å². The maximum absolute atomic E-state index is 14.2. The molecule has 1 atom stereocenters. The fourth-order valence-corrected chi connectivity index (χ4v) is 7.24. The van der Waals surface area contributed by atoms with E-state index in [0.29, 0.717) is 16.3 Å². The maximum Gasteiger partial charge on any atom is 0.273 e. The molecule has 0 radical (unpaired) electrons. The van der Waals surface area contributed by atoms with Gasteiger partial charge < -0.3 is 15.0 Å². The van der Waals surface area contributed by atoms with Gasteiger partial charge in [0, 0.05) is 34.3 Å². The van der Waals surface area contributed by atoms with Crippen molar-refractivity contribution in [2.24, 2.45) is 0 Å². The fourth-order valence-electron chi connectivity index (χ4n) is 5.34. The van der Waals surface area contributed by atoms with E-state index >= 15 is 0 Å². The van der Waals surface area contributed by atoms with E-state index < -0.39 is 33.4 Å². The lowest BCUT2D eigenvalue weighted by atomic mass is 9.95. The van der Waals surface area contributed by atoms with Gasteiger partial charge in [-0.15, -0.1) is 0 Å². The van der Waals surface area contributed by atoms with Crippen molar-refractivity contribution in [2.75, 3.05) is 18.0 Å². The molecule has 1 aliphatic rings. The first kappa shape index (κ1) is 35.0. The summed E-state index contributed by atoms with van der Waals surface area (Å²) in [5.74, 6) is -0.623. The number of halogens is 2. The number of amides is 2. The molecule has 0 aliphatic heterocycles. The maximum atomic E-state index is 14.2. The summed E-state index contributed by atoms with van der Waals surface area (Å²) in [5, 5.41) is 15.4. The van der Waals surface area contributed by atoms with Crippen LogP contribution in [0, 0.1) is 17.0 Å². The van der Waals surface area contributed by atoms with Gasteiger partial charge in [-0.05, 0) is 74.7 Å². The molecule has 4 rings (SSSR count). The van der Waals surface area contributed by atoms with Crippen LogP contribution in [-0.2, 0) is 26.2 Å². The largest absolute Gasteiger partial charge is 0.497 e. The summed E-state index contributed by atoms with van der Waals surface area (Å²) in [6, 6.07) is 13.3. The highest BCUT2D eigenvalue weighted by Crippen LogP contribution is 2.30. The number of carbonyl (C=O) groups excluding carboxylic acids is 2. The monoisotopic (exact) mass is 690 g/mol. The van der Waals surface area contributed by atoms with Gasteiger partial charge >= 0.3 is 0 Å². The quantitative estimate of drug-likeness (QED) is 0.174. The zero-order valence-electron chi connectivity index (χ0n) is 25.7. The number of anilines is 1. The second kappa shape index (κ2) is 15.1. The molecule has 14 heteroatoms. The highest BCUT2D eigenvalue weighted by atomic mass is 35.5. The summed E-state index contributed by atoms with van der Waals surface area (Å²) in [6.45, 7) is 2.25. The molecule has 3 aromatic carbocycles. The molecular formula is C32H36Cl2N4O7S. The predicted octanol–water partition coefficient (Wildman–Crippen LogP) is 6.28. The van der Waals surface area contributed by atoms with Gasteiger partial charge in [-0.1, -0.05) is 54.6 Å². The number of hydrogen-bond donors (Lipinski definition) is 1. The normalized spacial score (nSPS) is 14.3. The Hall–Kier alpha value is -3.87. The zero-order valence-corrected chi connectivity index (χ0v) is 28.1. The molecule has 0 bridgehead atoms. The van der Waals surface area contributed by atoms with Crippen LogP contribution in [0.2, 0.25) is 10.0 Å². The van der Waals surface area contributed by atoms with Gasteiger partial charge in [0.05, 0.1) is 22.6 Å². The molecule has 46 heavy (non-hydrogen) atoms. The summed E-state index contributed by atoms with van der Waals surface area (Å²) in [4.78, 5) is 39.6. The van der Waals surface area contributed by atoms with Crippen LogP contribution in [0.4, 0.5) is 11.4 Å². The van der Waals surface area contributed by atoms with E-state index in [-0.39, 0.29) is 45.4 Å². The SMILES string of the molecule is COc1ccc(N(CC(=O)N(Cc2ccc(Cl)cc2Cl)C(C)C(=O)NC2CCCCC2)S(=O)(=O)c2ccc(C)c([N+](=O)[O-])c2)cc1. The summed E-state index contributed by atoms with van der Waals surface area (Å²) < 4.78 is 34.4. The molecule has 0 spiro atoms. The zero-order chi connectivity index (χ0) is 33.6. The second-order valence-electron chi connectivity index (χ2n) is 11.2. The van der Waals surface area contributed by atoms with Crippen molar-refractivity contribution in [3.63, 3.8) is 0 Å². The average molecular weight is 692 g/mol. The Morgan fingerprint density at radius 1 is 1.04 bits per heavy atom. The molecule has 1 saturated carbocycles. The molecule has 2 amide bonds. The smallest absolute Gasteiger partial charge is 0.273 e. The minimum atomic E-state index is -4.53. The number of benzene rings is 3. The van der Waals surface area contributed by atoms with Crippen molar-refractivity contribution >= 4 is 56.4 Å². The van der Waals surface area contributed by atoms with Gasteiger partial charge in [0.2, 0.25) is 11.8 Å². The van der Waals surface area contributed by atoms with Gasteiger partial charge in [0.1, 0.15) is 18.3 Å². The number of methoxy groups -OCH3 is 1. The Labute approximate surface area is 278 Å². The van der Waals surface area contributed by atoms with Crippen LogP contribution in [0.15, 0.2) is 65.6 Å². The van der Waals surface area contributed by atoms with Crippen molar-refractivity contribution in [1.29, 1.82) is 0 Å². The molecule has 1 unspecified atom stereocenters. The second-order valence-corrected chi connectivity index (χ2v) is 13.9. The first-order chi connectivity index (χ1) is 21.8. The molecule has 0 heterocycles. The lowest BCUT2D eigenvalue weighted by Crippen LogP contribution is -2.53. The number of rotatable bonds is 12. The van der Waals surface area contributed by atoms with Crippen LogP contribution in [0.5, 0.6) is 5.75 Å². The topological polar surface area (TPSA) is 139 Å². The van der Waals surface area contributed by atoms with Crippen molar-refractivity contribution in [3.05, 3.63) is 92.0 Å². The van der Waals surface area contributed by atoms with Crippen LogP contribution >= 0.6 is 23.2 Å². The number of nitro groups is 1. The molecule has 11 nitrogen and oxygen atoms in total. The van der Waals surface area contributed by atoms with E-state index in [2.05, 4.69) is 5.32 Å². The van der Waals surface area contributed by atoms with Gasteiger partial charge in [0.15, 0.2) is 0 Å². The Kier molecular flexibility index (Phi) is 11.5. The van der Waals surface area contributed by atoms with Gasteiger partial charge in [-0.25, -0.2) is 8.42 Å². The standard InChI is InChI=1S/C32H36Cl2N4O7S/c1-21-9-16-28(18-30(21)38(41)42)46(43,44)37(26-12-14-27(45-3)15-13-26)20-31(39)36(19-23-10-11-24(33)17-29(23)34)22(2)32(40)35-25-7-5-4-6-8-25/h9-18,22,25H,4-8,19-20H2,1-3H3,(H,35,40). The van der Waals surface area contributed by atoms with Gasteiger partial charge in [0.25, 0.3) is 15.7 Å². The number of nitrogens with one attached hydrogen (secondary N) is 1. The molecule has 0 saturated heterocycles. The fraction of sp³-hybridized carbons (Fsp3) is 0.375. The molecule has 246 valence electrons. The number of carbonyl (C=O) groups is 2. The molecular weight excluding hydrogens is 655 g/mol. The lowest BCUT2D eigenvalue weighted by Gasteiger charge is -2.33. The summed E-state index contributed by atoms with van der Waals surface area (Å²) >= 11 is 12.5. The molecule has 3 aromatic rings. The highest BCUT2D eigenvalue weighted by Gasteiger charge is 2.34. The van der Waals surface area contributed by atoms with E-state index in [1.54, 1.807) is 19.1 Å². The minimum absolute atomic E-state index is 0.0201.